The number of hydrogen-bond acceptors (Lipinski definition) is 6. The van der Waals surface area contributed by atoms with Crippen LogP contribution in [0.1, 0.15) is 35.6 Å². The maximum absolute atomic E-state index is 11.8. The quantitative estimate of drug-likeness (QED) is 0.794. The molecule has 22 heavy (non-hydrogen) atoms. The van der Waals surface area contributed by atoms with E-state index in [1.54, 1.807) is 24.3 Å². The van der Waals surface area contributed by atoms with E-state index in [1.807, 2.05) is 0 Å². The molecule has 0 bridgehead atoms. The summed E-state index contributed by atoms with van der Waals surface area (Å²) in [6.45, 7) is 3.44. The Kier molecular flexibility index (Phi) is 5.60. The molecule has 1 heterocycles. The topological polar surface area (TPSA) is 81.2 Å². The second kappa shape index (κ2) is 7.65. The van der Waals surface area contributed by atoms with Crippen molar-refractivity contribution in [1.29, 1.82) is 0 Å². The molecule has 0 atom stereocenters. The van der Waals surface area contributed by atoms with Gasteiger partial charge in [0.25, 0.3) is 5.91 Å². The van der Waals surface area contributed by atoms with Gasteiger partial charge in [0.15, 0.2) is 12.4 Å². The molecule has 1 amide bonds. The Labute approximate surface area is 132 Å². The summed E-state index contributed by atoms with van der Waals surface area (Å²) in [5.74, 6) is 0.224. The number of Topliss-reactive ketones (excluding diaryl/α,β-unsaturated/α-hetero) is 1. The van der Waals surface area contributed by atoms with E-state index < -0.39 is 0 Å². The highest BCUT2D eigenvalue weighted by atomic mass is 32.1. The monoisotopic (exact) mass is 319 g/mol. The van der Waals surface area contributed by atoms with Crippen molar-refractivity contribution in [1.82, 2.24) is 10.2 Å². The zero-order valence-electron chi connectivity index (χ0n) is 12.5. The molecule has 6 nitrogen and oxygen atoms in total. The summed E-state index contributed by atoms with van der Waals surface area (Å²) in [7, 11) is 0. The summed E-state index contributed by atoms with van der Waals surface area (Å²) in [4.78, 5) is 22.9. The number of nitrogens with one attached hydrogen (secondary N) is 1. The van der Waals surface area contributed by atoms with Crippen molar-refractivity contribution in [2.75, 3.05) is 11.9 Å². The van der Waals surface area contributed by atoms with Crippen LogP contribution in [0.25, 0.3) is 0 Å². The van der Waals surface area contributed by atoms with Crippen LogP contribution in [0.15, 0.2) is 24.3 Å². The molecule has 1 aromatic carbocycles. The van der Waals surface area contributed by atoms with Gasteiger partial charge in [-0.2, -0.15) is 0 Å². The fraction of sp³-hybridized carbons (Fsp3) is 0.333. The lowest BCUT2D eigenvalue weighted by Crippen LogP contribution is -2.20. The third kappa shape index (κ3) is 4.63. The Balaban J connectivity index is 1.82. The number of ketones is 1. The summed E-state index contributed by atoms with van der Waals surface area (Å²) >= 11 is 1.37. The molecule has 116 valence electrons. The van der Waals surface area contributed by atoms with E-state index in [4.69, 9.17) is 4.74 Å². The first kappa shape index (κ1) is 16.1. The van der Waals surface area contributed by atoms with Crippen LogP contribution in [0, 0.1) is 0 Å². The Morgan fingerprint density at radius 1 is 1.23 bits per heavy atom. The number of carbonyl (C=O) groups is 2. The van der Waals surface area contributed by atoms with Crippen molar-refractivity contribution in [3.8, 4) is 5.75 Å². The maximum Gasteiger partial charge on any atom is 0.264 e. The molecule has 0 aliphatic rings. The molecule has 0 saturated heterocycles. The molecule has 0 radical (unpaired) electrons. The molecular weight excluding hydrogens is 302 g/mol. The zero-order valence-corrected chi connectivity index (χ0v) is 13.3. The van der Waals surface area contributed by atoms with E-state index in [0.717, 1.165) is 17.8 Å². The number of hydrogen-bond donors (Lipinski definition) is 1. The number of ether oxygens (including phenoxy) is 1. The Hall–Kier alpha value is -2.28. The van der Waals surface area contributed by atoms with E-state index >= 15 is 0 Å². The van der Waals surface area contributed by atoms with Gasteiger partial charge in [-0.05, 0) is 37.6 Å². The number of carbonyl (C=O) groups excluding carboxylic acids is 2. The van der Waals surface area contributed by atoms with Crippen molar-refractivity contribution in [3.63, 3.8) is 0 Å². The van der Waals surface area contributed by atoms with Crippen LogP contribution in [0.4, 0.5) is 5.13 Å². The van der Waals surface area contributed by atoms with E-state index in [2.05, 4.69) is 22.4 Å². The number of rotatable bonds is 7. The average molecular weight is 319 g/mol. The summed E-state index contributed by atoms with van der Waals surface area (Å²) < 4.78 is 5.36. The van der Waals surface area contributed by atoms with Gasteiger partial charge < -0.3 is 4.74 Å². The summed E-state index contributed by atoms with van der Waals surface area (Å²) in [6, 6.07) is 6.65. The van der Waals surface area contributed by atoms with Crippen LogP contribution in [0.3, 0.4) is 0 Å². The molecule has 1 aromatic heterocycles. The smallest absolute Gasteiger partial charge is 0.264 e. The first-order valence-electron chi connectivity index (χ1n) is 6.94. The van der Waals surface area contributed by atoms with Crippen molar-refractivity contribution >= 4 is 28.2 Å². The first-order chi connectivity index (χ1) is 10.6. The van der Waals surface area contributed by atoms with Gasteiger partial charge in [0.2, 0.25) is 5.13 Å². The fourth-order valence-electron chi connectivity index (χ4n) is 1.71. The minimum absolute atomic E-state index is 0.0107. The van der Waals surface area contributed by atoms with Gasteiger partial charge in [-0.3, -0.25) is 14.9 Å². The molecule has 0 saturated carbocycles. The Morgan fingerprint density at radius 2 is 1.95 bits per heavy atom. The third-order valence-corrected chi connectivity index (χ3v) is 3.71. The lowest BCUT2D eigenvalue weighted by atomic mass is 10.1. The van der Waals surface area contributed by atoms with Gasteiger partial charge in [0.05, 0.1) is 0 Å². The van der Waals surface area contributed by atoms with Gasteiger partial charge >= 0.3 is 0 Å². The molecular formula is C15H17N3O3S. The lowest BCUT2D eigenvalue weighted by Gasteiger charge is -2.06. The molecule has 2 aromatic rings. The normalized spacial score (nSPS) is 10.3. The van der Waals surface area contributed by atoms with Gasteiger partial charge in [-0.25, -0.2) is 0 Å². The molecule has 1 N–H and O–H groups in total. The molecule has 2 rings (SSSR count). The number of aryl methyl sites for hydroxylation is 1. The number of aromatic nitrogens is 2. The lowest BCUT2D eigenvalue weighted by molar-refractivity contribution is -0.118. The Morgan fingerprint density at radius 3 is 2.59 bits per heavy atom. The number of benzene rings is 1. The SMILES string of the molecule is CCCc1nnc(NC(=O)COc2ccc(C(C)=O)cc2)s1. The number of amides is 1. The summed E-state index contributed by atoms with van der Waals surface area (Å²) in [5, 5.41) is 11.9. The van der Waals surface area contributed by atoms with Crippen molar-refractivity contribution in [2.45, 2.75) is 26.7 Å². The van der Waals surface area contributed by atoms with Crippen LogP contribution in [-0.4, -0.2) is 28.5 Å². The highest BCUT2D eigenvalue weighted by Gasteiger charge is 2.09. The van der Waals surface area contributed by atoms with Gasteiger partial charge in [0, 0.05) is 12.0 Å². The van der Waals surface area contributed by atoms with Crippen LogP contribution >= 0.6 is 11.3 Å². The predicted octanol–water partition coefficient (Wildman–Crippen LogP) is 2.71. The molecule has 0 unspecified atom stereocenters. The fourth-order valence-corrected chi connectivity index (χ4v) is 2.57. The maximum atomic E-state index is 11.8. The second-order valence-electron chi connectivity index (χ2n) is 4.67. The van der Waals surface area contributed by atoms with Gasteiger partial charge in [0.1, 0.15) is 10.8 Å². The number of anilines is 1. The number of nitrogens with zero attached hydrogens (tertiary/aromatic N) is 2. The van der Waals surface area contributed by atoms with E-state index in [0.29, 0.717) is 16.4 Å². The summed E-state index contributed by atoms with van der Waals surface area (Å²) in [5.41, 5.74) is 0.606. The first-order valence-corrected chi connectivity index (χ1v) is 7.76. The Bertz CT molecular complexity index is 652. The van der Waals surface area contributed by atoms with E-state index in [-0.39, 0.29) is 18.3 Å². The van der Waals surface area contributed by atoms with Crippen LogP contribution in [0.2, 0.25) is 0 Å². The van der Waals surface area contributed by atoms with E-state index in [9.17, 15) is 9.59 Å². The van der Waals surface area contributed by atoms with Crippen LogP contribution < -0.4 is 10.1 Å². The molecule has 0 aliphatic heterocycles. The summed E-state index contributed by atoms with van der Waals surface area (Å²) in [6.07, 6.45) is 1.84. The molecule has 7 heteroatoms. The molecule has 0 spiro atoms. The molecule has 0 fully saturated rings. The minimum Gasteiger partial charge on any atom is -0.484 e. The van der Waals surface area contributed by atoms with Gasteiger partial charge in [-0.1, -0.05) is 18.3 Å². The highest BCUT2D eigenvalue weighted by Crippen LogP contribution is 2.17. The average Bonchev–Trinajstić information content (AvgIpc) is 2.93. The van der Waals surface area contributed by atoms with Crippen molar-refractivity contribution < 1.29 is 14.3 Å². The largest absolute Gasteiger partial charge is 0.484 e. The van der Waals surface area contributed by atoms with E-state index in [1.165, 1.54) is 18.3 Å². The van der Waals surface area contributed by atoms with Crippen LogP contribution in [-0.2, 0) is 11.2 Å². The standard InChI is InChI=1S/C15H17N3O3S/c1-3-4-14-17-18-15(22-14)16-13(20)9-21-12-7-5-11(6-8-12)10(2)19/h5-8H,3-4,9H2,1-2H3,(H,16,18,20). The third-order valence-electron chi connectivity index (χ3n) is 2.81. The van der Waals surface area contributed by atoms with Gasteiger partial charge in [-0.15, -0.1) is 10.2 Å². The van der Waals surface area contributed by atoms with Crippen molar-refractivity contribution in [3.05, 3.63) is 34.8 Å². The van der Waals surface area contributed by atoms with Crippen LogP contribution in [0.5, 0.6) is 5.75 Å². The predicted molar refractivity (Wildman–Crippen MR) is 84.5 cm³/mol. The second-order valence-corrected chi connectivity index (χ2v) is 5.73. The highest BCUT2D eigenvalue weighted by molar-refractivity contribution is 7.15. The minimum atomic E-state index is -0.296. The zero-order chi connectivity index (χ0) is 15.9. The van der Waals surface area contributed by atoms with Crippen molar-refractivity contribution in [2.24, 2.45) is 0 Å². The molecule has 0 aliphatic carbocycles.